The summed E-state index contributed by atoms with van der Waals surface area (Å²) in [4.78, 5) is 30.4. The quantitative estimate of drug-likeness (QED) is 0.498. The lowest BCUT2D eigenvalue weighted by atomic mass is 10.0. The zero-order chi connectivity index (χ0) is 25.3. The number of hydrogen-bond donors (Lipinski definition) is 1. The standard InChI is InChI=1S/C24H25F3N6O2/c1-13(2)19-12-35-23(34)33(19)21-6-8-29-22(32-21)31-15(4)18-9-14(3)17(11-30-18)16-5-7-28-20(10-16)24(25,26)27/h5-11,13,15,19H,12H2,1-4H3,(H,29,31,32)/t15-,19+/m0/s1. The molecule has 0 radical (unpaired) electrons. The molecule has 0 unspecified atom stereocenters. The van der Waals surface area contributed by atoms with Gasteiger partial charge in [-0.3, -0.25) is 14.9 Å². The van der Waals surface area contributed by atoms with Gasteiger partial charge in [-0.1, -0.05) is 13.8 Å². The molecule has 184 valence electrons. The first-order chi connectivity index (χ1) is 16.5. The Morgan fingerprint density at radius 2 is 1.86 bits per heavy atom. The summed E-state index contributed by atoms with van der Waals surface area (Å²) in [6, 6.07) is 5.56. The first-order valence-corrected chi connectivity index (χ1v) is 11.1. The predicted molar refractivity (Wildman–Crippen MR) is 124 cm³/mol. The lowest BCUT2D eigenvalue weighted by Gasteiger charge is -2.23. The van der Waals surface area contributed by atoms with E-state index in [9.17, 15) is 18.0 Å². The van der Waals surface area contributed by atoms with Crippen LogP contribution < -0.4 is 10.2 Å². The predicted octanol–water partition coefficient (Wildman–Crippen LogP) is 5.42. The second-order valence-electron chi connectivity index (χ2n) is 8.71. The number of ether oxygens (including phenoxy) is 1. The zero-order valence-electron chi connectivity index (χ0n) is 19.7. The number of nitrogens with one attached hydrogen (secondary N) is 1. The van der Waals surface area contributed by atoms with Gasteiger partial charge in [-0.2, -0.15) is 18.2 Å². The topological polar surface area (TPSA) is 93.1 Å². The van der Waals surface area contributed by atoms with E-state index in [2.05, 4.69) is 25.3 Å². The van der Waals surface area contributed by atoms with Crippen molar-refractivity contribution in [1.29, 1.82) is 0 Å². The molecule has 1 saturated heterocycles. The van der Waals surface area contributed by atoms with E-state index in [0.717, 1.165) is 17.8 Å². The Hall–Kier alpha value is -3.76. The van der Waals surface area contributed by atoms with E-state index >= 15 is 0 Å². The van der Waals surface area contributed by atoms with Gasteiger partial charge in [-0.15, -0.1) is 0 Å². The number of rotatable bonds is 6. The Labute approximate surface area is 200 Å². The van der Waals surface area contributed by atoms with Crippen LogP contribution in [-0.4, -0.2) is 38.7 Å². The van der Waals surface area contributed by atoms with Gasteiger partial charge in [0.15, 0.2) is 0 Å². The molecule has 3 aromatic heterocycles. The van der Waals surface area contributed by atoms with Crippen LogP contribution in [0.25, 0.3) is 11.1 Å². The Morgan fingerprint density at radius 3 is 2.54 bits per heavy atom. The molecule has 0 spiro atoms. The van der Waals surface area contributed by atoms with Gasteiger partial charge in [0.2, 0.25) is 5.95 Å². The summed E-state index contributed by atoms with van der Waals surface area (Å²) in [6.07, 6.45) is -0.725. The van der Waals surface area contributed by atoms with Crippen molar-refractivity contribution >= 4 is 17.9 Å². The normalized spacial score (nSPS) is 17.0. The fourth-order valence-electron chi connectivity index (χ4n) is 3.88. The minimum absolute atomic E-state index is 0.120. The molecule has 35 heavy (non-hydrogen) atoms. The maximum Gasteiger partial charge on any atom is 0.433 e. The molecule has 2 atom stereocenters. The van der Waals surface area contributed by atoms with E-state index in [1.54, 1.807) is 24.5 Å². The highest BCUT2D eigenvalue weighted by Gasteiger charge is 2.37. The lowest BCUT2D eigenvalue weighted by Crippen LogP contribution is -2.37. The maximum absolute atomic E-state index is 13.0. The van der Waals surface area contributed by atoms with Gasteiger partial charge in [0, 0.05) is 24.2 Å². The van der Waals surface area contributed by atoms with Gasteiger partial charge in [0.05, 0.1) is 17.8 Å². The Morgan fingerprint density at radius 1 is 1.11 bits per heavy atom. The average Bonchev–Trinajstić information content (AvgIpc) is 3.20. The van der Waals surface area contributed by atoms with Crippen molar-refractivity contribution < 1.29 is 22.7 Å². The van der Waals surface area contributed by atoms with Gasteiger partial charge in [0.25, 0.3) is 0 Å². The number of amides is 1. The zero-order valence-corrected chi connectivity index (χ0v) is 19.7. The van der Waals surface area contributed by atoms with Crippen LogP contribution in [0, 0.1) is 12.8 Å². The molecule has 0 saturated carbocycles. The molecule has 1 N–H and O–H groups in total. The third-order valence-corrected chi connectivity index (χ3v) is 5.85. The van der Waals surface area contributed by atoms with Crippen molar-refractivity contribution in [3.05, 3.63) is 59.8 Å². The molecule has 4 heterocycles. The smallest absolute Gasteiger partial charge is 0.433 e. The van der Waals surface area contributed by atoms with Gasteiger partial charge in [-0.05, 0) is 55.2 Å². The summed E-state index contributed by atoms with van der Waals surface area (Å²) in [5, 5.41) is 3.17. The number of halogens is 3. The first kappa shape index (κ1) is 24.4. The van der Waals surface area contributed by atoms with Crippen molar-refractivity contribution in [2.75, 3.05) is 16.8 Å². The maximum atomic E-state index is 13.0. The van der Waals surface area contributed by atoms with Crippen molar-refractivity contribution in [1.82, 2.24) is 19.9 Å². The summed E-state index contributed by atoms with van der Waals surface area (Å²) >= 11 is 0. The van der Waals surface area contributed by atoms with Crippen LogP contribution in [0.4, 0.5) is 29.7 Å². The number of aromatic nitrogens is 4. The number of aryl methyl sites for hydroxylation is 1. The van der Waals surface area contributed by atoms with Crippen molar-refractivity contribution in [3.8, 4) is 11.1 Å². The van der Waals surface area contributed by atoms with Crippen LogP contribution in [-0.2, 0) is 10.9 Å². The number of pyridine rings is 2. The number of cyclic esters (lactones) is 1. The number of hydrogen-bond acceptors (Lipinski definition) is 7. The van der Waals surface area contributed by atoms with E-state index in [1.165, 1.54) is 11.0 Å². The van der Waals surface area contributed by atoms with Gasteiger partial charge < -0.3 is 10.1 Å². The van der Waals surface area contributed by atoms with Crippen LogP contribution in [0.15, 0.2) is 42.9 Å². The molecule has 0 bridgehead atoms. The monoisotopic (exact) mass is 486 g/mol. The fraction of sp³-hybridized carbons (Fsp3) is 0.375. The van der Waals surface area contributed by atoms with E-state index in [1.807, 2.05) is 27.7 Å². The molecule has 1 amide bonds. The third-order valence-electron chi connectivity index (χ3n) is 5.85. The molecule has 1 aliphatic heterocycles. The van der Waals surface area contributed by atoms with E-state index < -0.39 is 18.0 Å². The number of carbonyl (C=O) groups excluding carboxylic acids is 1. The Bertz CT molecular complexity index is 1230. The van der Waals surface area contributed by atoms with Crippen LogP contribution in [0.5, 0.6) is 0 Å². The van der Waals surface area contributed by atoms with E-state index in [-0.39, 0.29) is 18.0 Å². The number of nitrogens with zero attached hydrogens (tertiary/aromatic N) is 5. The van der Waals surface area contributed by atoms with Crippen molar-refractivity contribution in [2.45, 2.75) is 46.0 Å². The highest BCUT2D eigenvalue weighted by molar-refractivity contribution is 5.89. The minimum atomic E-state index is -4.52. The van der Waals surface area contributed by atoms with Gasteiger partial charge in [0.1, 0.15) is 18.1 Å². The largest absolute Gasteiger partial charge is 0.447 e. The average molecular weight is 486 g/mol. The minimum Gasteiger partial charge on any atom is -0.447 e. The second-order valence-corrected chi connectivity index (χ2v) is 8.71. The van der Waals surface area contributed by atoms with Crippen LogP contribution in [0.3, 0.4) is 0 Å². The molecule has 0 aromatic carbocycles. The second kappa shape index (κ2) is 9.47. The molecule has 4 rings (SSSR count). The summed E-state index contributed by atoms with van der Waals surface area (Å²) in [5.74, 6) is 0.934. The Kier molecular flexibility index (Phi) is 6.60. The lowest BCUT2D eigenvalue weighted by molar-refractivity contribution is -0.141. The molecule has 3 aromatic rings. The fourth-order valence-corrected chi connectivity index (χ4v) is 3.88. The number of carbonyl (C=O) groups is 1. The summed E-state index contributed by atoms with van der Waals surface area (Å²) < 4.78 is 44.3. The number of alkyl halides is 3. The number of anilines is 2. The SMILES string of the molecule is Cc1cc([C@H](C)Nc2nccc(N3C(=O)OC[C@@H]3C(C)C)n2)ncc1-c1ccnc(C(F)(F)F)c1. The first-order valence-electron chi connectivity index (χ1n) is 11.1. The van der Waals surface area contributed by atoms with Crippen molar-refractivity contribution in [3.63, 3.8) is 0 Å². The molecule has 11 heteroatoms. The van der Waals surface area contributed by atoms with Crippen LogP contribution in [0.2, 0.25) is 0 Å². The Balaban J connectivity index is 1.54. The third kappa shape index (κ3) is 5.18. The van der Waals surface area contributed by atoms with Crippen LogP contribution in [0.1, 0.15) is 43.8 Å². The van der Waals surface area contributed by atoms with E-state index in [4.69, 9.17) is 4.74 Å². The molecule has 8 nitrogen and oxygen atoms in total. The van der Waals surface area contributed by atoms with E-state index in [0.29, 0.717) is 35.2 Å². The molecule has 0 aliphatic carbocycles. The van der Waals surface area contributed by atoms with Crippen LogP contribution >= 0.6 is 0 Å². The van der Waals surface area contributed by atoms with Crippen molar-refractivity contribution in [2.24, 2.45) is 5.92 Å². The molecule has 1 fully saturated rings. The molecular formula is C24H25F3N6O2. The summed E-state index contributed by atoms with van der Waals surface area (Å²) in [7, 11) is 0. The summed E-state index contributed by atoms with van der Waals surface area (Å²) in [6.45, 7) is 8.00. The van der Waals surface area contributed by atoms with Gasteiger partial charge >= 0.3 is 12.3 Å². The molecular weight excluding hydrogens is 461 g/mol. The van der Waals surface area contributed by atoms with Gasteiger partial charge in [-0.25, -0.2) is 9.78 Å². The highest BCUT2D eigenvalue weighted by Crippen LogP contribution is 2.32. The highest BCUT2D eigenvalue weighted by atomic mass is 19.4. The summed E-state index contributed by atoms with van der Waals surface area (Å²) in [5.41, 5.74) is 1.44. The molecule has 1 aliphatic rings.